The van der Waals surface area contributed by atoms with Gasteiger partial charge in [-0.1, -0.05) is 30.7 Å². The maximum Gasteiger partial charge on any atom is 0.573 e. The summed E-state index contributed by atoms with van der Waals surface area (Å²) in [5.41, 5.74) is 0.899. The molecule has 218 valence electrons. The van der Waals surface area contributed by atoms with Crippen LogP contribution in [0.4, 0.5) is 13.2 Å². The first-order valence-corrected chi connectivity index (χ1v) is 13.8. The molecule has 4 unspecified atom stereocenters. The fourth-order valence-corrected chi connectivity index (χ4v) is 6.02. The lowest BCUT2D eigenvalue weighted by molar-refractivity contribution is -0.274. The van der Waals surface area contributed by atoms with E-state index in [4.69, 9.17) is 11.6 Å². The van der Waals surface area contributed by atoms with Gasteiger partial charge in [-0.3, -0.25) is 14.6 Å². The van der Waals surface area contributed by atoms with Gasteiger partial charge in [-0.25, -0.2) is 0 Å². The van der Waals surface area contributed by atoms with Crippen molar-refractivity contribution in [3.8, 4) is 16.9 Å². The summed E-state index contributed by atoms with van der Waals surface area (Å²) in [6, 6.07) is 7.88. The smallest absolute Gasteiger partial charge is 0.405 e. The fraction of sp³-hybridized carbons (Fsp3) is 0.536. The molecule has 2 aromatic rings. The van der Waals surface area contributed by atoms with Crippen LogP contribution in [-0.4, -0.2) is 68.4 Å². The van der Waals surface area contributed by atoms with Crippen LogP contribution in [0.25, 0.3) is 11.1 Å². The Balaban J connectivity index is 1.37. The first kappa shape index (κ1) is 30.1. The number of para-hydroxylation sites is 1. The summed E-state index contributed by atoms with van der Waals surface area (Å²) in [6.45, 7) is 2.03. The average molecular weight is 584 g/mol. The molecular formula is C28H33ClF3N3O5. The van der Waals surface area contributed by atoms with E-state index in [2.05, 4.69) is 15.0 Å². The summed E-state index contributed by atoms with van der Waals surface area (Å²) < 4.78 is 42.4. The normalized spacial score (nSPS) is 23.8. The van der Waals surface area contributed by atoms with Crippen LogP contribution in [0.2, 0.25) is 0 Å². The van der Waals surface area contributed by atoms with E-state index in [0.29, 0.717) is 17.8 Å². The first-order valence-electron chi connectivity index (χ1n) is 13.4. The van der Waals surface area contributed by atoms with E-state index in [0.717, 1.165) is 38.5 Å². The number of hydrogen-bond acceptors (Lipinski definition) is 6. The third kappa shape index (κ3) is 7.24. The van der Waals surface area contributed by atoms with Crippen LogP contribution in [0.3, 0.4) is 0 Å². The number of aromatic nitrogens is 1. The van der Waals surface area contributed by atoms with Crippen molar-refractivity contribution in [2.45, 2.75) is 81.5 Å². The maximum absolute atomic E-state index is 13.1. The number of alkyl halides is 4. The standard InChI is InChI=1S/C28H33ClF3N3O5/c1-16(21-12-11-18(15-33-21)20-8-2-3-10-23(20)40-28(30,31)32)34-26(38)24(36)25(37)27(39)35-13-5-9-22(35)17-6-4-7-19(29)14-17/h2-3,8,10-12,15-17,19,22,24-25,36-37H,4-7,9,13-14H2,1H3,(H,34,38)/t16?,17?,19?,22?,24-,25-/m1/s1. The zero-order chi connectivity index (χ0) is 29.0. The number of carbonyl (C=O) groups excluding carboxylic acids is 2. The molecule has 1 saturated carbocycles. The number of benzene rings is 1. The first-order chi connectivity index (χ1) is 18.9. The third-order valence-electron chi connectivity index (χ3n) is 7.61. The number of nitrogens with one attached hydrogen (secondary N) is 1. The molecule has 0 radical (unpaired) electrons. The molecule has 2 fully saturated rings. The van der Waals surface area contributed by atoms with Crippen molar-refractivity contribution in [3.63, 3.8) is 0 Å². The monoisotopic (exact) mass is 583 g/mol. The van der Waals surface area contributed by atoms with Crippen LogP contribution in [0, 0.1) is 5.92 Å². The molecule has 0 bridgehead atoms. The van der Waals surface area contributed by atoms with Crippen LogP contribution in [-0.2, 0) is 9.59 Å². The molecule has 4 rings (SSSR count). The van der Waals surface area contributed by atoms with Gasteiger partial charge in [0.05, 0.1) is 11.7 Å². The summed E-state index contributed by atoms with van der Waals surface area (Å²) in [5, 5.41) is 23.7. The van der Waals surface area contributed by atoms with Crippen LogP contribution in [0.1, 0.15) is 57.2 Å². The molecule has 12 heteroatoms. The van der Waals surface area contributed by atoms with Crippen molar-refractivity contribution in [1.82, 2.24) is 15.2 Å². The number of carbonyl (C=O) groups is 2. The molecule has 2 heterocycles. The second-order valence-corrected chi connectivity index (χ2v) is 11.0. The summed E-state index contributed by atoms with van der Waals surface area (Å²) in [7, 11) is 0. The number of likely N-dealkylation sites (tertiary alicyclic amines) is 1. The summed E-state index contributed by atoms with van der Waals surface area (Å²) in [6.07, 6.45) is -2.20. The second kappa shape index (κ2) is 12.7. The molecule has 1 aliphatic heterocycles. The fourth-order valence-electron chi connectivity index (χ4n) is 5.63. The Morgan fingerprint density at radius 2 is 1.85 bits per heavy atom. The topological polar surface area (TPSA) is 112 Å². The third-order valence-corrected chi connectivity index (χ3v) is 8.01. The quantitative estimate of drug-likeness (QED) is 0.399. The van der Waals surface area contributed by atoms with Crippen molar-refractivity contribution in [2.75, 3.05) is 6.54 Å². The minimum absolute atomic E-state index is 0.0599. The Hall–Kier alpha value is -2.89. The highest BCUT2D eigenvalue weighted by molar-refractivity contribution is 6.20. The summed E-state index contributed by atoms with van der Waals surface area (Å²) in [5.74, 6) is -1.78. The number of halogens is 4. The Kier molecular flexibility index (Phi) is 9.58. The lowest BCUT2D eigenvalue weighted by Crippen LogP contribution is -2.53. The highest BCUT2D eigenvalue weighted by atomic mass is 35.5. The van der Waals surface area contributed by atoms with Gasteiger partial charge in [-0.05, 0) is 57.1 Å². The number of aliphatic hydroxyl groups excluding tert-OH is 2. The van der Waals surface area contributed by atoms with Gasteiger partial charge in [-0.2, -0.15) is 0 Å². The average Bonchev–Trinajstić information content (AvgIpc) is 3.41. The molecule has 1 aromatic carbocycles. The molecule has 2 amide bonds. The van der Waals surface area contributed by atoms with Crippen LogP contribution in [0.5, 0.6) is 5.75 Å². The highest BCUT2D eigenvalue weighted by Gasteiger charge is 2.41. The number of nitrogens with zero attached hydrogens (tertiary/aromatic N) is 2. The molecule has 1 aromatic heterocycles. The van der Waals surface area contributed by atoms with E-state index >= 15 is 0 Å². The van der Waals surface area contributed by atoms with Gasteiger partial charge in [-0.15, -0.1) is 24.8 Å². The van der Waals surface area contributed by atoms with Gasteiger partial charge in [0.15, 0.2) is 12.2 Å². The number of hydrogen-bond donors (Lipinski definition) is 3. The van der Waals surface area contributed by atoms with E-state index in [1.807, 2.05) is 0 Å². The number of amides is 2. The zero-order valence-electron chi connectivity index (χ0n) is 22.0. The predicted molar refractivity (Wildman–Crippen MR) is 141 cm³/mol. The van der Waals surface area contributed by atoms with Crippen molar-refractivity contribution in [3.05, 3.63) is 48.3 Å². The Morgan fingerprint density at radius 1 is 1.10 bits per heavy atom. The van der Waals surface area contributed by atoms with Crippen molar-refractivity contribution in [1.29, 1.82) is 0 Å². The minimum atomic E-state index is -4.85. The van der Waals surface area contributed by atoms with E-state index in [1.54, 1.807) is 17.9 Å². The van der Waals surface area contributed by atoms with Crippen LogP contribution in [0.15, 0.2) is 42.6 Å². The van der Waals surface area contributed by atoms with E-state index < -0.39 is 36.4 Å². The Bertz CT molecular complexity index is 1180. The van der Waals surface area contributed by atoms with Gasteiger partial charge in [0, 0.05) is 35.3 Å². The molecule has 0 spiro atoms. The molecular weight excluding hydrogens is 551 g/mol. The Labute approximate surface area is 235 Å². The van der Waals surface area contributed by atoms with Gasteiger partial charge in [0.1, 0.15) is 5.75 Å². The van der Waals surface area contributed by atoms with Crippen LogP contribution >= 0.6 is 11.6 Å². The van der Waals surface area contributed by atoms with Gasteiger partial charge in [0.2, 0.25) is 0 Å². The lowest BCUT2D eigenvalue weighted by atomic mass is 9.82. The molecule has 8 nitrogen and oxygen atoms in total. The van der Waals surface area contributed by atoms with E-state index in [-0.39, 0.29) is 28.6 Å². The molecule has 1 aliphatic carbocycles. The maximum atomic E-state index is 13.1. The Morgan fingerprint density at radius 3 is 2.52 bits per heavy atom. The molecule has 3 N–H and O–H groups in total. The number of rotatable bonds is 8. The summed E-state index contributed by atoms with van der Waals surface area (Å²) >= 11 is 6.34. The molecule has 6 atom stereocenters. The number of aliphatic hydroxyl groups is 2. The number of pyridine rings is 1. The highest BCUT2D eigenvalue weighted by Crippen LogP contribution is 2.37. The van der Waals surface area contributed by atoms with Crippen LogP contribution < -0.4 is 10.1 Å². The largest absolute Gasteiger partial charge is 0.573 e. The van der Waals surface area contributed by atoms with Crippen molar-refractivity contribution in [2.24, 2.45) is 5.92 Å². The van der Waals surface area contributed by atoms with Crippen molar-refractivity contribution < 1.29 is 37.7 Å². The second-order valence-electron chi connectivity index (χ2n) is 10.4. The number of ether oxygens (including phenoxy) is 1. The lowest BCUT2D eigenvalue weighted by Gasteiger charge is -2.36. The SMILES string of the molecule is CC(NC(=O)[C@H](O)[C@@H](O)C(=O)N1CCCC1C1CCCC(Cl)C1)c1ccc(-c2ccccc2OC(F)(F)F)cn1. The predicted octanol–water partition coefficient (Wildman–Crippen LogP) is 4.33. The van der Waals surface area contributed by atoms with Crippen molar-refractivity contribution >= 4 is 23.4 Å². The molecule has 40 heavy (non-hydrogen) atoms. The zero-order valence-corrected chi connectivity index (χ0v) is 22.7. The van der Waals surface area contributed by atoms with Gasteiger partial charge in [0.25, 0.3) is 11.8 Å². The van der Waals surface area contributed by atoms with Gasteiger partial charge >= 0.3 is 6.36 Å². The van der Waals surface area contributed by atoms with Gasteiger partial charge < -0.3 is 25.2 Å². The molecule has 2 aliphatic rings. The summed E-state index contributed by atoms with van der Waals surface area (Å²) in [4.78, 5) is 31.6. The minimum Gasteiger partial charge on any atom is -0.405 e. The molecule has 1 saturated heterocycles. The van der Waals surface area contributed by atoms with E-state index in [9.17, 15) is 33.0 Å². The van der Waals surface area contributed by atoms with E-state index in [1.165, 1.54) is 36.5 Å².